The molecule has 2 aliphatic heterocycles. The van der Waals surface area contributed by atoms with Crippen molar-refractivity contribution >= 4 is 33.0 Å². The number of rotatable bonds is 6. The number of carboxylic acid groups (broad SMARTS) is 1. The summed E-state index contributed by atoms with van der Waals surface area (Å²) in [6.07, 6.45) is 1.35. The van der Waals surface area contributed by atoms with Crippen LogP contribution < -0.4 is 9.62 Å². The summed E-state index contributed by atoms with van der Waals surface area (Å²) in [6, 6.07) is 5.19. The highest BCUT2D eigenvalue weighted by atomic mass is 32.2. The van der Waals surface area contributed by atoms with E-state index < -0.39 is 22.3 Å². The Morgan fingerprint density at radius 3 is 2.62 bits per heavy atom. The number of fused-ring (bicyclic) bond motifs is 1. The van der Waals surface area contributed by atoms with E-state index in [1.54, 1.807) is 0 Å². The average molecular weight is 494 g/mol. The number of anilines is 1. The highest BCUT2D eigenvalue weighted by Crippen LogP contribution is 2.32. The molecule has 3 heterocycles. The largest absolute Gasteiger partial charge is 0.465 e. The maximum absolute atomic E-state index is 13.2. The lowest BCUT2D eigenvalue weighted by Crippen LogP contribution is -2.43. The fourth-order valence-corrected chi connectivity index (χ4v) is 6.23. The molecule has 11 heteroatoms. The van der Waals surface area contributed by atoms with Crippen LogP contribution in [0, 0.1) is 5.92 Å². The molecule has 1 amide bonds. The number of imidazole rings is 1. The van der Waals surface area contributed by atoms with E-state index in [1.165, 1.54) is 15.7 Å². The first-order valence-corrected chi connectivity index (χ1v) is 13.2. The van der Waals surface area contributed by atoms with E-state index in [1.807, 2.05) is 18.2 Å². The third kappa shape index (κ3) is 5.01. The van der Waals surface area contributed by atoms with Crippen LogP contribution in [-0.2, 0) is 26.9 Å². The zero-order chi connectivity index (χ0) is 24.7. The van der Waals surface area contributed by atoms with Crippen molar-refractivity contribution < 1.29 is 23.1 Å². The summed E-state index contributed by atoms with van der Waals surface area (Å²) in [7, 11) is -2.27. The molecule has 0 aliphatic carbocycles. The van der Waals surface area contributed by atoms with Crippen molar-refractivity contribution in [3.05, 3.63) is 24.0 Å². The second-order valence-electron chi connectivity index (χ2n) is 10.3. The summed E-state index contributed by atoms with van der Waals surface area (Å²) in [5, 5.41) is 11.3. The highest BCUT2D eigenvalue weighted by molar-refractivity contribution is 7.90. The van der Waals surface area contributed by atoms with Crippen molar-refractivity contribution in [1.29, 1.82) is 0 Å². The summed E-state index contributed by atoms with van der Waals surface area (Å²) < 4.78 is 36.8. The Morgan fingerprint density at radius 2 is 1.97 bits per heavy atom. The minimum atomic E-state index is -3.80. The Bertz CT molecular complexity index is 1150. The van der Waals surface area contributed by atoms with Crippen LogP contribution in [0.5, 0.6) is 0 Å². The molecule has 0 spiro atoms. The molecule has 0 saturated carbocycles. The summed E-state index contributed by atoms with van der Waals surface area (Å²) in [5.41, 5.74) is 2.13. The smallest absolute Gasteiger partial charge is 0.404 e. The van der Waals surface area contributed by atoms with Gasteiger partial charge in [-0.05, 0) is 43.4 Å². The Hall–Kier alpha value is -2.37. The molecule has 1 aromatic carbocycles. The number of hydrogen-bond acceptors (Lipinski definition) is 5. The molecule has 0 bridgehead atoms. The Balaban J connectivity index is 1.62. The van der Waals surface area contributed by atoms with Gasteiger partial charge in [0.1, 0.15) is 5.82 Å². The molecule has 1 unspecified atom stereocenters. The molecule has 2 fully saturated rings. The summed E-state index contributed by atoms with van der Waals surface area (Å²) in [4.78, 5) is 15.9. The summed E-state index contributed by atoms with van der Waals surface area (Å²) in [6.45, 7) is 9.25. The van der Waals surface area contributed by atoms with E-state index in [4.69, 9.17) is 14.8 Å². The fourth-order valence-electron chi connectivity index (χ4n) is 4.80. The van der Waals surface area contributed by atoms with Crippen molar-refractivity contribution in [2.45, 2.75) is 58.0 Å². The molecule has 2 N–H and O–H groups in total. The van der Waals surface area contributed by atoms with Gasteiger partial charge in [-0.1, -0.05) is 20.8 Å². The Morgan fingerprint density at radius 1 is 1.26 bits per heavy atom. The number of ether oxygens (including phenoxy) is 1. The Labute approximate surface area is 201 Å². The van der Waals surface area contributed by atoms with Gasteiger partial charge in [-0.15, -0.1) is 0 Å². The van der Waals surface area contributed by atoms with Gasteiger partial charge in [0.2, 0.25) is 0 Å². The van der Waals surface area contributed by atoms with Gasteiger partial charge < -0.3 is 19.7 Å². The van der Waals surface area contributed by atoms with Crippen LogP contribution in [0.25, 0.3) is 11.0 Å². The second kappa shape index (κ2) is 9.35. The number of benzene rings is 1. The van der Waals surface area contributed by atoms with Crippen LogP contribution in [0.4, 0.5) is 10.5 Å². The number of amides is 1. The molecule has 2 aromatic rings. The third-order valence-corrected chi connectivity index (χ3v) is 8.59. The zero-order valence-corrected chi connectivity index (χ0v) is 21.1. The number of carbonyl (C=O) groups is 1. The summed E-state index contributed by atoms with van der Waals surface area (Å²) >= 11 is 0. The standard InChI is InChI=1S/C23H35N5O5S/c1-23(2,3)21-25-19-13-18(5-6-20(19)28(21)14-16-8-11-33-12-9-16)26(4)34(31,32)27-10-7-17(15-27)24-22(29)30/h5-6,13,16-17,24H,7-12,14-15H2,1-4H3,(H,29,30). The van der Waals surface area contributed by atoms with Crippen LogP contribution in [-0.4, -0.2) is 72.9 Å². The van der Waals surface area contributed by atoms with Crippen LogP contribution >= 0.6 is 0 Å². The quantitative estimate of drug-likeness (QED) is 0.639. The van der Waals surface area contributed by atoms with Gasteiger partial charge in [-0.3, -0.25) is 4.31 Å². The highest BCUT2D eigenvalue weighted by Gasteiger charge is 2.35. The second-order valence-corrected chi connectivity index (χ2v) is 12.3. The fraction of sp³-hybridized carbons (Fsp3) is 0.652. The molecule has 1 atom stereocenters. The minimum Gasteiger partial charge on any atom is -0.465 e. The lowest BCUT2D eigenvalue weighted by molar-refractivity contribution is 0.0611. The van der Waals surface area contributed by atoms with E-state index in [2.05, 4.69) is 30.7 Å². The van der Waals surface area contributed by atoms with Gasteiger partial charge in [-0.2, -0.15) is 12.7 Å². The predicted molar refractivity (Wildman–Crippen MR) is 130 cm³/mol. The Kier molecular flexibility index (Phi) is 6.80. The first kappa shape index (κ1) is 24.7. The van der Waals surface area contributed by atoms with Gasteiger partial charge in [0.05, 0.1) is 16.7 Å². The lowest BCUT2D eigenvalue weighted by atomic mass is 9.94. The molecule has 10 nitrogen and oxygen atoms in total. The van der Waals surface area contributed by atoms with Crippen LogP contribution in [0.3, 0.4) is 0 Å². The average Bonchev–Trinajstić information content (AvgIpc) is 3.38. The molecule has 188 valence electrons. The van der Waals surface area contributed by atoms with Gasteiger partial charge in [0.25, 0.3) is 0 Å². The van der Waals surface area contributed by atoms with Crippen LogP contribution in [0.2, 0.25) is 0 Å². The van der Waals surface area contributed by atoms with Crippen molar-refractivity contribution in [2.75, 3.05) is 37.7 Å². The molecular weight excluding hydrogens is 458 g/mol. The van der Waals surface area contributed by atoms with E-state index in [0.717, 1.165) is 49.5 Å². The maximum Gasteiger partial charge on any atom is 0.404 e. The number of nitrogens with zero attached hydrogens (tertiary/aromatic N) is 4. The zero-order valence-electron chi connectivity index (χ0n) is 20.3. The molecule has 34 heavy (non-hydrogen) atoms. The van der Waals surface area contributed by atoms with E-state index in [0.29, 0.717) is 18.0 Å². The third-order valence-electron chi connectivity index (χ3n) is 6.70. The van der Waals surface area contributed by atoms with Crippen molar-refractivity contribution in [3.8, 4) is 0 Å². The van der Waals surface area contributed by atoms with Gasteiger partial charge >= 0.3 is 16.3 Å². The maximum atomic E-state index is 13.2. The van der Waals surface area contributed by atoms with Gasteiger partial charge in [-0.25, -0.2) is 9.78 Å². The summed E-state index contributed by atoms with van der Waals surface area (Å²) in [5.74, 6) is 1.51. The molecule has 2 saturated heterocycles. The van der Waals surface area contributed by atoms with E-state index in [9.17, 15) is 13.2 Å². The normalized spacial score (nSPS) is 20.6. The molecule has 4 rings (SSSR count). The molecule has 1 aromatic heterocycles. The van der Waals surface area contributed by atoms with Crippen molar-refractivity contribution in [1.82, 2.24) is 19.2 Å². The number of hydrogen-bond donors (Lipinski definition) is 2. The van der Waals surface area contributed by atoms with E-state index in [-0.39, 0.29) is 18.5 Å². The van der Waals surface area contributed by atoms with Gasteiger partial charge in [0, 0.05) is 51.4 Å². The van der Waals surface area contributed by atoms with Gasteiger partial charge in [0.15, 0.2) is 0 Å². The number of aromatic nitrogens is 2. The van der Waals surface area contributed by atoms with Crippen molar-refractivity contribution in [2.24, 2.45) is 5.92 Å². The molecule has 0 radical (unpaired) electrons. The van der Waals surface area contributed by atoms with Crippen molar-refractivity contribution in [3.63, 3.8) is 0 Å². The SMILES string of the molecule is CN(c1ccc2c(c1)nc(C(C)(C)C)n2CC1CCOCC1)S(=O)(=O)N1CCC(NC(=O)O)C1. The first-order valence-electron chi connectivity index (χ1n) is 11.8. The topological polar surface area (TPSA) is 117 Å². The van der Waals surface area contributed by atoms with Crippen LogP contribution in [0.15, 0.2) is 18.2 Å². The van der Waals surface area contributed by atoms with E-state index >= 15 is 0 Å². The minimum absolute atomic E-state index is 0.120. The first-order chi connectivity index (χ1) is 16.0. The predicted octanol–water partition coefficient (Wildman–Crippen LogP) is 2.78. The monoisotopic (exact) mass is 493 g/mol. The lowest BCUT2D eigenvalue weighted by Gasteiger charge is -2.27. The van der Waals surface area contributed by atoms with Crippen LogP contribution in [0.1, 0.15) is 45.9 Å². The molecule has 2 aliphatic rings. The number of nitrogens with one attached hydrogen (secondary N) is 1. The molecular formula is C23H35N5O5S.